The molecule has 3 atom stereocenters. The van der Waals surface area contributed by atoms with Crippen LogP contribution in [0.15, 0.2) is 72.4 Å². The number of hydrogen-bond acceptors (Lipinski definition) is 2. The summed E-state index contributed by atoms with van der Waals surface area (Å²) in [4.78, 5) is 0. The highest BCUT2D eigenvalue weighted by Gasteiger charge is 2.33. The van der Waals surface area contributed by atoms with Crippen LogP contribution in [0, 0.1) is 5.92 Å². The molecular formula is C18H21N2O+. The first-order chi connectivity index (χ1) is 10.3. The summed E-state index contributed by atoms with van der Waals surface area (Å²) in [5, 5.41) is 11.8. The van der Waals surface area contributed by atoms with E-state index in [0.717, 1.165) is 5.70 Å². The van der Waals surface area contributed by atoms with Crippen molar-refractivity contribution in [2.24, 2.45) is 5.92 Å². The average molecular weight is 281 g/mol. The Bertz CT molecular complexity index is 610. The Kier molecular flexibility index (Phi) is 4.04. The lowest BCUT2D eigenvalue weighted by Crippen LogP contribution is -2.88. The van der Waals surface area contributed by atoms with E-state index in [-0.39, 0.29) is 18.0 Å². The molecule has 0 radical (unpaired) electrons. The van der Waals surface area contributed by atoms with Gasteiger partial charge in [0.2, 0.25) is 0 Å². The van der Waals surface area contributed by atoms with Crippen LogP contribution in [0.1, 0.15) is 30.1 Å². The summed E-state index contributed by atoms with van der Waals surface area (Å²) in [7, 11) is 0. The standard InChI is InChI=1S/C18H20N2O/c1-13-16(20-21)12-17(14-8-4-2-5-9-14)19-18(13)15-10-6-3-7-11-15/h2-13,17-21H,1H3/p+1. The Labute approximate surface area is 125 Å². The molecule has 0 spiro atoms. The molecule has 0 aromatic heterocycles. The first-order valence-corrected chi connectivity index (χ1v) is 7.36. The lowest BCUT2D eigenvalue weighted by molar-refractivity contribution is -0.733. The minimum absolute atomic E-state index is 0.210. The summed E-state index contributed by atoms with van der Waals surface area (Å²) < 4.78 is 0. The second-order valence-corrected chi connectivity index (χ2v) is 5.59. The highest BCUT2D eigenvalue weighted by atomic mass is 16.5. The number of benzene rings is 2. The molecule has 2 aromatic rings. The Balaban J connectivity index is 1.96. The minimum atomic E-state index is 0.210. The van der Waals surface area contributed by atoms with Gasteiger partial charge < -0.3 is 5.32 Å². The van der Waals surface area contributed by atoms with Gasteiger partial charge in [0.05, 0.1) is 5.92 Å². The number of hydrogen-bond donors (Lipinski definition) is 3. The zero-order valence-electron chi connectivity index (χ0n) is 12.1. The summed E-state index contributed by atoms with van der Waals surface area (Å²) >= 11 is 0. The number of nitrogens with two attached hydrogens (primary N) is 1. The van der Waals surface area contributed by atoms with E-state index in [1.807, 2.05) is 12.1 Å². The molecule has 1 heterocycles. The molecule has 0 fully saturated rings. The van der Waals surface area contributed by atoms with Crippen LogP contribution in [-0.4, -0.2) is 5.21 Å². The Morgan fingerprint density at radius 1 is 0.905 bits per heavy atom. The van der Waals surface area contributed by atoms with Crippen molar-refractivity contribution in [1.29, 1.82) is 0 Å². The molecule has 1 aliphatic rings. The molecule has 0 saturated heterocycles. The quantitative estimate of drug-likeness (QED) is 0.757. The number of rotatable bonds is 3. The van der Waals surface area contributed by atoms with Gasteiger partial charge in [-0.3, -0.25) is 10.7 Å². The molecule has 4 N–H and O–H groups in total. The summed E-state index contributed by atoms with van der Waals surface area (Å²) in [5.41, 5.74) is 5.82. The van der Waals surface area contributed by atoms with Gasteiger partial charge in [0, 0.05) is 16.8 Å². The fourth-order valence-electron chi connectivity index (χ4n) is 3.08. The highest BCUT2D eigenvalue weighted by Crippen LogP contribution is 2.29. The van der Waals surface area contributed by atoms with Gasteiger partial charge in [-0.1, -0.05) is 67.6 Å². The van der Waals surface area contributed by atoms with Crippen molar-refractivity contribution in [3.8, 4) is 0 Å². The van der Waals surface area contributed by atoms with E-state index in [0.29, 0.717) is 0 Å². The van der Waals surface area contributed by atoms with Crippen LogP contribution in [-0.2, 0) is 0 Å². The molecule has 0 amide bonds. The first-order valence-electron chi connectivity index (χ1n) is 7.36. The molecule has 108 valence electrons. The average Bonchev–Trinajstić information content (AvgIpc) is 2.56. The van der Waals surface area contributed by atoms with Crippen LogP contribution in [0.4, 0.5) is 0 Å². The molecule has 3 unspecified atom stereocenters. The van der Waals surface area contributed by atoms with Gasteiger partial charge in [0.25, 0.3) is 0 Å². The maximum Gasteiger partial charge on any atom is 0.133 e. The fraction of sp³-hybridized carbons (Fsp3) is 0.222. The topological polar surface area (TPSA) is 48.9 Å². The summed E-state index contributed by atoms with van der Waals surface area (Å²) in [5.74, 6) is 0.234. The zero-order valence-corrected chi connectivity index (χ0v) is 12.1. The summed E-state index contributed by atoms with van der Waals surface area (Å²) in [6.45, 7) is 2.14. The molecule has 0 aliphatic carbocycles. The monoisotopic (exact) mass is 281 g/mol. The third kappa shape index (κ3) is 2.84. The van der Waals surface area contributed by atoms with E-state index in [1.165, 1.54) is 11.1 Å². The van der Waals surface area contributed by atoms with E-state index in [2.05, 4.69) is 72.3 Å². The minimum Gasteiger partial charge on any atom is -0.330 e. The van der Waals surface area contributed by atoms with Crippen LogP contribution < -0.4 is 10.8 Å². The van der Waals surface area contributed by atoms with Crippen LogP contribution >= 0.6 is 0 Å². The third-order valence-corrected chi connectivity index (χ3v) is 4.30. The van der Waals surface area contributed by atoms with Gasteiger partial charge in [-0.2, -0.15) is 0 Å². The normalized spacial score (nSPS) is 25.2. The predicted octanol–water partition coefficient (Wildman–Crippen LogP) is 2.54. The van der Waals surface area contributed by atoms with Crippen molar-refractivity contribution >= 4 is 0 Å². The molecule has 3 nitrogen and oxygen atoms in total. The van der Waals surface area contributed by atoms with Crippen molar-refractivity contribution in [2.45, 2.75) is 19.0 Å². The first kappa shape index (κ1) is 13.9. The molecule has 0 saturated carbocycles. The smallest absolute Gasteiger partial charge is 0.133 e. The van der Waals surface area contributed by atoms with Crippen LogP contribution in [0.3, 0.4) is 0 Å². The summed E-state index contributed by atoms with van der Waals surface area (Å²) in [6, 6.07) is 21.4. The maximum absolute atomic E-state index is 9.46. The highest BCUT2D eigenvalue weighted by molar-refractivity contribution is 5.27. The molecule has 21 heavy (non-hydrogen) atoms. The predicted molar refractivity (Wildman–Crippen MR) is 82.5 cm³/mol. The number of nitrogens with one attached hydrogen (secondary N) is 1. The second-order valence-electron chi connectivity index (χ2n) is 5.59. The SMILES string of the molecule is CC1C(NO)=CC(c2ccccc2)[NH2+]C1c1ccccc1. The van der Waals surface area contributed by atoms with Crippen LogP contribution in [0.5, 0.6) is 0 Å². The summed E-state index contributed by atoms with van der Waals surface area (Å²) in [6.07, 6.45) is 2.11. The largest absolute Gasteiger partial charge is 0.330 e. The van der Waals surface area contributed by atoms with Crippen LogP contribution in [0.2, 0.25) is 0 Å². The van der Waals surface area contributed by atoms with Gasteiger partial charge in [0.1, 0.15) is 12.1 Å². The van der Waals surface area contributed by atoms with Crippen molar-refractivity contribution in [1.82, 2.24) is 5.48 Å². The van der Waals surface area contributed by atoms with Crippen LogP contribution in [0.25, 0.3) is 0 Å². The Morgan fingerprint density at radius 3 is 2.05 bits per heavy atom. The number of hydroxylamine groups is 1. The Hall–Kier alpha value is -2.10. The molecule has 3 rings (SSSR count). The molecule has 3 heteroatoms. The maximum atomic E-state index is 9.46. The molecule has 2 aromatic carbocycles. The third-order valence-electron chi connectivity index (χ3n) is 4.30. The van der Waals surface area contributed by atoms with Gasteiger partial charge in [-0.05, 0) is 6.08 Å². The number of quaternary nitrogens is 1. The lowest BCUT2D eigenvalue weighted by atomic mass is 9.86. The molecule has 1 aliphatic heterocycles. The molecular weight excluding hydrogens is 260 g/mol. The van der Waals surface area contributed by atoms with Crippen molar-refractivity contribution in [2.75, 3.05) is 0 Å². The van der Waals surface area contributed by atoms with Gasteiger partial charge in [0.15, 0.2) is 0 Å². The Morgan fingerprint density at radius 2 is 1.48 bits per heavy atom. The zero-order chi connectivity index (χ0) is 14.7. The van der Waals surface area contributed by atoms with Gasteiger partial charge in [-0.25, -0.2) is 0 Å². The fourth-order valence-corrected chi connectivity index (χ4v) is 3.08. The lowest BCUT2D eigenvalue weighted by Gasteiger charge is -2.32. The van der Waals surface area contributed by atoms with Crippen molar-refractivity contribution < 1.29 is 10.5 Å². The van der Waals surface area contributed by atoms with Crippen molar-refractivity contribution in [3.05, 3.63) is 83.6 Å². The van der Waals surface area contributed by atoms with E-state index >= 15 is 0 Å². The molecule has 0 bridgehead atoms. The van der Waals surface area contributed by atoms with Gasteiger partial charge >= 0.3 is 0 Å². The van der Waals surface area contributed by atoms with Crippen molar-refractivity contribution in [3.63, 3.8) is 0 Å². The van der Waals surface area contributed by atoms with E-state index < -0.39 is 0 Å². The second kappa shape index (κ2) is 6.12. The van der Waals surface area contributed by atoms with Gasteiger partial charge in [-0.15, -0.1) is 0 Å². The van der Waals surface area contributed by atoms with E-state index in [1.54, 1.807) is 0 Å². The van der Waals surface area contributed by atoms with E-state index in [9.17, 15) is 5.21 Å². The van der Waals surface area contributed by atoms with E-state index in [4.69, 9.17) is 0 Å².